The van der Waals surface area contributed by atoms with Crippen molar-refractivity contribution in [3.8, 4) is 33.6 Å². The van der Waals surface area contributed by atoms with Gasteiger partial charge in [0, 0.05) is 49.0 Å². The second-order valence-corrected chi connectivity index (χ2v) is 17.9. The number of nitrogens with zero attached hydrogens (tertiary/aromatic N) is 3. The second kappa shape index (κ2) is 16.5. The molecular formula is C52H53IrN3O-2. The smallest absolute Gasteiger partial charge is 0.130 e. The van der Waals surface area contributed by atoms with Crippen molar-refractivity contribution in [1.29, 1.82) is 0 Å². The van der Waals surface area contributed by atoms with Gasteiger partial charge >= 0.3 is 0 Å². The molecule has 0 N–H and O–H groups in total. The summed E-state index contributed by atoms with van der Waals surface area (Å²) in [5.74, 6) is 0. The number of aromatic nitrogens is 3. The van der Waals surface area contributed by atoms with Crippen molar-refractivity contribution >= 4 is 32.8 Å². The van der Waals surface area contributed by atoms with Gasteiger partial charge in [-0.05, 0) is 109 Å². The Labute approximate surface area is 352 Å². The van der Waals surface area contributed by atoms with Gasteiger partial charge in [0.2, 0.25) is 0 Å². The Hall–Kier alpha value is -4.96. The van der Waals surface area contributed by atoms with E-state index in [-0.39, 0.29) is 25.5 Å². The molecular weight excluding hydrogens is 875 g/mol. The Morgan fingerprint density at radius 2 is 1.26 bits per heavy atom. The molecule has 0 saturated heterocycles. The zero-order valence-electron chi connectivity index (χ0n) is 35.2. The van der Waals surface area contributed by atoms with E-state index in [0.29, 0.717) is 5.41 Å². The quantitative estimate of drug-likeness (QED) is 0.161. The molecule has 0 aliphatic heterocycles. The molecule has 4 aromatic carbocycles. The summed E-state index contributed by atoms with van der Waals surface area (Å²) < 4.78 is 6.45. The van der Waals surface area contributed by atoms with Crippen LogP contribution in [0.4, 0.5) is 0 Å². The third-order valence-corrected chi connectivity index (χ3v) is 10.4. The molecule has 293 valence electrons. The van der Waals surface area contributed by atoms with Gasteiger partial charge in [0.05, 0.1) is 11.1 Å². The van der Waals surface area contributed by atoms with Gasteiger partial charge in [-0.3, -0.25) is 4.98 Å². The minimum absolute atomic E-state index is 0. The van der Waals surface area contributed by atoms with Crippen molar-refractivity contribution in [2.45, 2.75) is 89.0 Å². The van der Waals surface area contributed by atoms with E-state index in [1.54, 1.807) is 0 Å². The molecule has 5 heteroatoms. The van der Waals surface area contributed by atoms with E-state index in [2.05, 4.69) is 164 Å². The zero-order chi connectivity index (χ0) is 39.9. The van der Waals surface area contributed by atoms with Crippen LogP contribution in [0.5, 0.6) is 0 Å². The molecule has 0 fully saturated rings. The van der Waals surface area contributed by atoms with Gasteiger partial charge in [-0.2, -0.15) is 0 Å². The van der Waals surface area contributed by atoms with Gasteiger partial charge in [-0.15, -0.1) is 47.5 Å². The van der Waals surface area contributed by atoms with Crippen molar-refractivity contribution in [3.05, 3.63) is 149 Å². The molecule has 8 aromatic rings. The van der Waals surface area contributed by atoms with Gasteiger partial charge in [0.1, 0.15) is 5.58 Å². The van der Waals surface area contributed by atoms with Crippen LogP contribution in [0.25, 0.3) is 66.5 Å². The Balaban J connectivity index is 0.000000192. The first-order valence-corrected chi connectivity index (χ1v) is 19.7. The maximum atomic E-state index is 6.45. The van der Waals surface area contributed by atoms with Crippen molar-refractivity contribution in [2.75, 3.05) is 0 Å². The van der Waals surface area contributed by atoms with Crippen molar-refractivity contribution in [2.24, 2.45) is 10.8 Å². The first kappa shape index (κ1) is 41.7. The number of rotatable bonds is 5. The second-order valence-electron chi connectivity index (χ2n) is 17.9. The molecule has 0 spiro atoms. The predicted molar refractivity (Wildman–Crippen MR) is 235 cm³/mol. The van der Waals surface area contributed by atoms with Crippen LogP contribution in [0.1, 0.15) is 80.6 Å². The van der Waals surface area contributed by atoms with E-state index in [0.717, 1.165) is 73.9 Å². The summed E-state index contributed by atoms with van der Waals surface area (Å²) in [4.78, 5) is 14.0. The number of furan rings is 1. The van der Waals surface area contributed by atoms with Crippen LogP contribution in [0.3, 0.4) is 0 Å². The molecule has 57 heavy (non-hydrogen) atoms. The fourth-order valence-electron chi connectivity index (χ4n) is 7.37. The Kier molecular flexibility index (Phi) is 12.1. The molecule has 0 bridgehead atoms. The summed E-state index contributed by atoms with van der Waals surface area (Å²) in [5.41, 5.74) is 18.2. The Bertz CT molecular complexity index is 2710. The summed E-state index contributed by atoms with van der Waals surface area (Å²) in [7, 11) is 0. The average Bonchev–Trinajstić information content (AvgIpc) is 3.53. The first-order chi connectivity index (χ1) is 26.5. The molecule has 0 aliphatic carbocycles. The SMILES string of the molecule is Cc1ccc2c(ccc3c4cc[c-]c(-c5cc(CC(C)(C)C)c(C)cn5)c4oc23)n1.Cc1cnc(-c2[c-]cc(C)c(-c3ccc(CC(C)(C)C)cc3)c2)cc1C.[Ir]. The van der Waals surface area contributed by atoms with Crippen LogP contribution in [-0.2, 0) is 32.9 Å². The van der Waals surface area contributed by atoms with Crippen molar-refractivity contribution in [3.63, 3.8) is 0 Å². The Morgan fingerprint density at radius 1 is 0.596 bits per heavy atom. The van der Waals surface area contributed by atoms with E-state index < -0.39 is 0 Å². The van der Waals surface area contributed by atoms with Gasteiger partial charge in [0.15, 0.2) is 0 Å². The van der Waals surface area contributed by atoms with E-state index in [1.165, 1.54) is 44.5 Å². The number of fused-ring (bicyclic) bond motifs is 5. The number of hydrogen-bond donors (Lipinski definition) is 0. The fourth-order valence-corrected chi connectivity index (χ4v) is 7.37. The topological polar surface area (TPSA) is 51.8 Å². The molecule has 1 radical (unpaired) electrons. The summed E-state index contributed by atoms with van der Waals surface area (Å²) in [6.45, 7) is 24.1. The molecule has 8 rings (SSSR count). The maximum absolute atomic E-state index is 6.45. The van der Waals surface area contributed by atoms with Crippen LogP contribution in [0.15, 0.2) is 102 Å². The normalized spacial score (nSPS) is 11.8. The van der Waals surface area contributed by atoms with Crippen molar-refractivity contribution in [1.82, 2.24) is 15.0 Å². The maximum Gasteiger partial charge on any atom is 0.130 e. The largest absolute Gasteiger partial charge is 0.500 e. The minimum atomic E-state index is 0. The standard InChI is InChI=1S/C27H25N2O.C25H28N.Ir/c1-16-15-28-24(13-18(16)14-27(3,4)5)21-8-6-7-19-20-11-12-23-22(10-9-17(2)29-23)26(20)30-25(19)21;1-17-7-10-22(24-13-18(2)19(3)16-26-24)14-23(17)21-11-8-20(9-12-21)15-25(4,5)6;/h6-7,9-13,15H,14H2,1-5H3;7-9,11-14,16H,15H2,1-6H3;/q2*-1;. The molecule has 4 heterocycles. The molecule has 0 atom stereocenters. The van der Waals surface area contributed by atoms with Gasteiger partial charge < -0.3 is 14.4 Å². The van der Waals surface area contributed by atoms with E-state index in [4.69, 9.17) is 9.40 Å². The Morgan fingerprint density at radius 3 is 1.96 bits per heavy atom. The molecule has 0 aliphatic rings. The summed E-state index contributed by atoms with van der Waals surface area (Å²) in [5, 5.41) is 3.21. The molecule has 0 amide bonds. The van der Waals surface area contributed by atoms with Gasteiger partial charge in [-0.25, -0.2) is 0 Å². The summed E-state index contributed by atoms with van der Waals surface area (Å²) in [6, 6.07) is 36.7. The van der Waals surface area contributed by atoms with Gasteiger partial charge in [-0.1, -0.05) is 113 Å². The molecule has 4 aromatic heterocycles. The fraction of sp³-hybridized carbons (Fsp3) is 0.288. The minimum Gasteiger partial charge on any atom is -0.500 e. The van der Waals surface area contributed by atoms with E-state index in [1.807, 2.05) is 31.5 Å². The average molecular weight is 928 g/mol. The zero-order valence-corrected chi connectivity index (χ0v) is 37.6. The van der Waals surface area contributed by atoms with Crippen LogP contribution < -0.4 is 0 Å². The third-order valence-electron chi connectivity index (χ3n) is 10.4. The number of hydrogen-bond acceptors (Lipinski definition) is 4. The number of pyridine rings is 3. The third kappa shape index (κ3) is 9.44. The predicted octanol–water partition coefficient (Wildman–Crippen LogP) is 13.9. The van der Waals surface area contributed by atoms with Crippen molar-refractivity contribution < 1.29 is 24.5 Å². The summed E-state index contributed by atoms with van der Waals surface area (Å²) >= 11 is 0. The van der Waals surface area contributed by atoms with E-state index >= 15 is 0 Å². The van der Waals surface area contributed by atoms with Crippen LogP contribution in [0, 0.1) is 57.6 Å². The van der Waals surface area contributed by atoms with Gasteiger partial charge in [0.25, 0.3) is 0 Å². The first-order valence-electron chi connectivity index (χ1n) is 19.7. The number of benzene rings is 4. The number of aryl methyl sites for hydroxylation is 5. The van der Waals surface area contributed by atoms with E-state index in [9.17, 15) is 0 Å². The summed E-state index contributed by atoms with van der Waals surface area (Å²) in [6.07, 6.45) is 6.00. The monoisotopic (exact) mass is 928 g/mol. The van der Waals surface area contributed by atoms with Crippen LogP contribution in [-0.4, -0.2) is 15.0 Å². The molecule has 0 saturated carbocycles. The van der Waals surface area contributed by atoms with Crippen LogP contribution >= 0.6 is 0 Å². The molecule has 4 nitrogen and oxygen atoms in total. The molecule has 0 unspecified atom stereocenters. The van der Waals surface area contributed by atoms with Crippen LogP contribution in [0.2, 0.25) is 0 Å².